The highest BCUT2D eigenvalue weighted by Crippen LogP contribution is 2.11. The molecular weight excluding hydrogens is 154 g/mol. The second-order valence-corrected chi connectivity index (χ2v) is 3.28. The molecule has 0 radical (unpaired) electrons. The molecule has 0 aromatic rings. The third-order valence-corrected chi connectivity index (χ3v) is 2.17. The van der Waals surface area contributed by atoms with Crippen LogP contribution in [0.5, 0.6) is 0 Å². The van der Waals surface area contributed by atoms with Gasteiger partial charge >= 0.3 is 0 Å². The van der Waals surface area contributed by atoms with E-state index in [4.69, 9.17) is 9.47 Å². The van der Waals surface area contributed by atoms with Crippen molar-refractivity contribution in [2.24, 2.45) is 5.92 Å². The predicted molar refractivity (Wildman–Crippen MR) is 48.3 cm³/mol. The topological polar surface area (TPSA) is 30.5 Å². The zero-order chi connectivity index (χ0) is 8.65. The Bertz CT molecular complexity index is 103. The van der Waals surface area contributed by atoms with Crippen LogP contribution >= 0.6 is 0 Å². The molecule has 1 heterocycles. The molecule has 0 aromatic carbocycles. The van der Waals surface area contributed by atoms with Crippen molar-refractivity contribution in [2.75, 3.05) is 40.0 Å². The molecule has 1 N–H and O–H groups in total. The van der Waals surface area contributed by atoms with E-state index in [2.05, 4.69) is 5.32 Å². The van der Waals surface area contributed by atoms with Crippen molar-refractivity contribution in [2.45, 2.75) is 12.8 Å². The number of nitrogens with one attached hydrogen (secondary N) is 1. The molecule has 0 amide bonds. The van der Waals surface area contributed by atoms with Gasteiger partial charge in [-0.05, 0) is 18.8 Å². The van der Waals surface area contributed by atoms with Gasteiger partial charge in [-0.2, -0.15) is 0 Å². The highest BCUT2D eigenvalue weighted by molar-refractivity contribution is 4.65. The Kier molecular flexibility index (Phi) is 5.32. The fourth-order valence-corrected chi connectivity index (χ4v) is 1.45. The molecule has 1 aliphatic rings. The largest absolute Gasteiger partial charge is 0.383 e. The minimum absolute atomic E-state index is 0.718. The summed E-state index contributed by atoms with van der Waals surface area (Å²) in [6.07, 6.45) is 2.52. The van der Waals surface area contributed by atoms with Gasteiger partial charge < -0.3 is 14.8 Å². The normalized spacial score (nSPS) is 24.2. The summed E-state index contributed by atoms with van der Waals surface area (Å²) in [6, 6.07) is 0. The molecule has 1 aliphatic heterocycles. The average Bonchev–Trinajstić information content (AvgIpc) is 2.14. The molecule has 12 heavy (non-hydrogen) atoms. The number of ether oxygens (including phenoxy) is 2. The van der Waals surface area contributed by atoms with Crippen LogP contribution in [0, 0.1) is 5.92 Å². The summed E-state index contributed by atoms with van der Waals surface area (Å²) < 4.78 is 10.3. The first-order chi connectivity index (χ1) is 5.93. The van der Waals surface area contributed by atoms with Crippen molar-refractivity contribution >= 4 is 0 Å². The number of rotatable bonds is 5. The Hall–Kier alpha value is -0.120. The highest BCUT2D eigenvalue weighted by atomic mass is 16.5. The summed E-state index contributed by atoms with van der Waals surface area (Å²) in [5.41, 5.74) is 0. The Morgan fingerprint density at radius 1 is 1.58 bits per heavy atom. The van der Waals surface area contributed by atoms with Gasteiger partial charge in [0.15, 0.2) is 0 Å². The molecule has 0 aromatic heterocycles. The van der Waals surface area contributed by atoms with Gasteiger partial charge in [0.1, 0.15) is 0 Å². The lowest BCUT2D eigenvalue weighted by atomic mass is 10.0. The molecule has 72 valence electrons. The summed E-state index contributed by atoms with van der Waals surface area (Å²) in [4.78, 5) is 0. The van der Waals surface area contributed by atoms with E-state index in [0.717, 1.165) is 38.8 Å². The maximum absolute atomic E-state index is 5.37. The first kappa shape index (κ1) is 9.96. The van der Waals surface area contributed by atoms with Crippen LogP contribution in [0.3, 0.4) is 0 Å². The average molecular weight is 173 g/mol. The first-order valence-electron chi connectivity index (χ1n) is 4.71. The van der Waals surface area contributed by atoms with Gasteiger partial charge in [-0.15, -0.1) is 0 Å². The molecule has 1 rings (SSSR count). The van der Waals surface area contributed by atoms with E-state index in [1.54, 1.807) is 7.11 Å². The van der Waals surface area contributed by atoms with Crippen LogP contribution in [0.1, 0.15) is 12.8 Å². The zero-order valence-electron chi connectivity index (χ0n) is 7.84. The first-order valence-corrected chi connectivity index (χ1v) is 4.71. The van der Waals surface area contributed by atoms with Crippen LogP contribution in [0.2, 0.25) is 0 Å². The van der Waals surface area contributed by atoms with Gasteiger partial charge in [0.05, 0.1) is 13.2 Å². The molecule has 1 unspecified atom stereocenters. The van der Waals surface area contributed by atoms with Gasteiger partial charge in [-0.1, -0.05) is 0 Å². The van der Waals surface area contributed by atoms with Gasteiger partial charge in [-0.25, -0.2) is 0 Å². The minimum atomic E-state index is 0.718. The summed E-state index contributed by atoms with van der Waals surface area (Å²) in [7, 11) is 1.73. The molecule has 1 saturated heterocycles. The predicted octanol–water partition coefficient (Wildman–Crippen LogP) is 0.649. The Labute approximate surface area is 74.4 Å². The lowest BCUT2D eigenvalue weighted by molar-refractivity contribution is 0.0542. The van der Waals surface area contributed by atoms with E-state index in [1.807, 2.05) is 0 Å². The van der Waals surface area contributed by atoms with Gasteiger partial charge in [-0.3, -0.25) is 0 Å². The molecule has 1 atom stereocenters. The third-order valence-electron chi connectivity index (χ3n) is 2.17. The van der Waals surface area contributed by atoms with E-state index in [-0.39, 0.29) is 0 Å². The maximum Gasteiger partial charge on any atom is 0.0587 e. The summed E-state index contributed by atoms with van der Waals surface area (Å²) >= 11 is 0. The summed E-state index contributed by atoms with van der Waals surface area (Å²) in [6.45, 7) is 4.71. The zero-order valence-corrected chi connectivity index (χ0v) is 7.84. The van der Waals surface area contributed by atoms with E-state index in [1.165, 1.54) is 12.8 Å². The van der Waals surface area contributed by atoms with E-state index >= 15 is 0 Å². The highest BCUT2D eigenvalue weighted by Gasteiger charge is 2.12. The maximum atomic E-state index is 5.37. The second kappa shape index (κ2) is 6.40. The van der Waals surface area contributed by atoms with Crippen LogP contribution < -0.4 is 5.32 Å². The Morgan fingerprint density at radius 2 is 2.50 bits per heavy atom. The van der Waals surface area contributed by atoms with Gasteiger partial charge in [0.2, 0.25) is 0 Å². The lowest BCUT2D eigenvalue weighted by Crippen LogP contribution is -2.30. The molecule has 1 fully saturated rings. The standard InChI is InChI=1S/C9H19NO2/c1-11-6-4-10-7-9-3-2-5-12-8-9/h9-10H,2-8H2,1H3. The van der Waals surface area contributed by atoms with Crippen molar-refractivity contribution in [1.29, 1.82) is 0 Å². The molecule has 3 heteroatoms. The molecule has 0 saturated carbocycles. The molecule has 0 bridgehead atoms. The van der Waals surface area contributed by atoms with Gasteiger partial charge in [0.25, 0.3) is 0 Å². The van der Waals surface area contributed by atoms with Crippen molar-refractivity contribution in [1.82, 2.24) is 5.32 Å². The molecule has 3 nitrogen and oxygen atoms in total. The third kappa shape index (κ3) is 4.04. The van der Waals surface area contributed by atoms with Crippen LogP contribution in [0.4, 0.5) is 0 Å². The van der Waals surface area contributed by atoms with Crippen molar-refractivity contribution in [3.8, 4) is 0 Å². The number of methoxy groups -OCH3 is 1. The van der Waals surface area contributed by atoms with Crippen molar-refractivity contribution < 1.29 is 9.47 Å². The summed E-state index contributed by atoms with van der Waals surface area (Å²) in [5.74, 6) is 0.718. The Balaban J connectivity index is 1.91. The van der Waals surface area contributed by atoms with Crippen molar-refractivity contribution in [3.63, 3.8) is 0 Å². The monoisotopic (exact) mass is 173 g/mol. The summed E-state index contributed by atoms with van der Waals surface area (Å²) in [5, 5.41) is 3.35. The lowest BCUT2D eigenvalue weighted by Gasteiger charge is -2.22. The fraction of sp³-hybridized carbons (Fsp3) is 1.00. The number of hydrogen-bond donors (Lipinski definition) is 1. The molecule has 0 aliphatic carbocycles. The van der Waals surface area contributed by atoms with Crippen LogP contribution in [0.15, 0.2) is 0 Å². The van der Waals surface area contributed by atoms with E-state index < -0.39 is 0 Å². The minimum Gasteiger partial charge on any atom is -0.383 e. The Morgan fingerprint density at radius 3 is 3.17 bits per heavy atom. The molecule has 0 spiro atoms. The fourth-order valence-electron chi connectivity index (χ4n) is 1.45. The van der Waals surface area contributed by atoms with Gasteiger partial charge in [0, 0.05) is 26.8 Å². The SMILES string of the molecule is COCCNCC1CCCOC1. The smallest absolute Gasteiger partial charge is 0.0587 e. The van der Waals surface area contributed by atoms with Crippen LogP contribution in [-0.4, -0.2) is 40.0 Å². The van der Waals surface area contributed by atoms with E-state index in [0.29, 0.717) is 0 Å². The van der Waals surface area contributed by atoms with E-state index in [9.17, 15) is 0 Å². The van der Waals surface area contributed by atoms with Crippen LogP contribution in [0.25, 0.3) is 0 Å². The second-order valence-electron chi connectivity index (χ2n) is 3.28. The number of hydrogen-bond acceptors (Lipinski definition) is 3. The van der Waals surface area contributed by atoms with Crippen molar-refractivity contribution in [3.05, 3.63) is 0 Å². The quantitative estimate of drug-likeness (QED) is 0.619. The molecular formula is C9H19NO2. The van der Waals surface area contributed by atoms with Crippen LogP contribution in [-0.2, 0) is 9.47 Å².